The Hall–Kier alpha value is -2.11. The van der Waals surface area contributed by atoms with Gasteiger partial charge in [-0.1, -0.05) is 24.3 Å². The molecule has 6 nitrogen and oxygen atoms in total. The molecule has 0 N–H and O–H groups in total. The van der Waals surface area contributed by atoms with Gasteiger partial charge in [0, 0.05) is 25.2 Å². The average molecular weight is 561 g/mol. The van der Waals surface area contributed by atoms with Crippen molar-refractivity contribution in [3.63, 3.8) is 0 Å². The summed E-state index contributed by atoms with van der Waals surface area (Å²) in [7, 11) is 6.80. The third-order valence-electron chi connectivity index (χ3n) is 4.16. The van der Waals surface area contributed by atoms with Crippen LogP contribution in [0.5, 0.6) is 5.75 Å². The van der Waals surface area contributed by atoms with E-state index in [0.717, 1.165) is 0 Å². The zero-order valence-corrected chi connectivity index (χ0v) is 20.0. The summed E-state index contributed by atoms with van der Waals surface area (Å²) in [6, 6.07) is 13.5. The molecule has 0 aliphatic carbocycles. The molecule has 30 heavy (non-hydrogen) atoms. The molecule has 0 aliphatic heterocycles. The van der Waals surface area contributed by atoms with Crippen LogP contribution < -0.4 is 14.5 Å². The van der Waals surface area contributed by atoms with Gasteiger partial charge >= 0.3 is 0 Å². The Labute approximate surface area is 197 Å². The summed E-state index contributed by atoms with van der Waals surface area (Å²) in [5.74, 6) is 0.554. The molecule has 1 aromatic heterocycles. The van der Waals surface area contributed by atoms with Crippen LogP contribution >= 0.6 is 42.6 Å². The highest BCUT2D eigenvalue weighted by Crippen LogP contribution is 2.33. The standard InChI is InChI=1S/C20H18ClFN4O2.HIS/c1-25(12-14-6-3-4-9-17(14)22)18-11-23-20(21)24-19(18)26(13-27)15-7-5-8-16(10-15)28-2;1-2/h3-11,13H,12H2,1-2H3;2H. The second-order valence-corrected chi connectivity index (χ2v) is 6.31. The molecule has 0 bridgehead atoms. The Kier molecular flexibility index (Phi) is 9.60. The normalized spacial score (nSPS) is 9.93. The van der Waals surface area contributed by atoms with E-state index in [2.05, 4.69) is 19.8 Å². The lowest BCUT2D eigenvalue weighted by atomic mass is 10.2. The Morgan fingerprint density at radius 1 is 1.23 bits per heavy atom. The maximum Gasteiger partial charge on any atom is 0.224 e. The van der Waals surface area contributed by atoms with Crippen molar-refractivity contribution in [2.45, 2.75) is 6.54 Å². The predicted molar refractivity (Wildman–Crippen MR) is 130 cm³/mol. The minimum absolute atomic E-state index is 0.00668. The molecular weight excluding hydrogens is 542 g/mol. The van der Waals surface area contributed by atoms with Crippen LogP contribution in [0.1, 0.15) is 5.56 Å². The Balaban J connectivity index is 0.00000155. The number of hydrogen-bond acceptors (Lipinski definition) is 6. The number of rotatable bonds is 7. The SMILES string of the molecule is COc1cccc(N(C=O)c2nc(Cl)ncc2N(C)Cc2ccccc2F)c1.SI. The first kappa shape index (κ1) is 24.2. The number of anilines is 3. The number of ether oxygens (including phenoxy) is 1. The fourth-order valence-electron chi connectivity index (χ4n) is 2.75. The highest BCUT2D eigenvalue weighted by Gasteiger charge is 2.20. The molecular formula is C20H19ClFIN4O2S. The summed E-state index contributed by atoms with van der Waals surface area (Å²) in [6.07, 6.45) is 2.13. The molecule has 0 aliphatic rings. The number of aromatic nitrogens is 2. The number of hydrogen-bond donors (Lipinski definition) is 1. The third kappa shape index (κ3) is 5.96. The van der Waals surface area contributed by atoms with Gasteiger partial charge in [-0.15, -0.1) is 9.80 Å². The lowest BCUT2D eigenvalue weighted by Crippen LogP contribution is -2.24. The first-order valence-electron chi connectivity index (χ1n) is 8.56. The maximum absolute atomic E-state index is 14.0. The molecule has 10 heteroatoms. The van der Waals surface area contributed by atoms with Crippen LogP contribution in [0.4, 0.5) is 21.6 Å². The number of thiol groups is 1. The van der Waals surface area contributed by atoms with Gasteiger partial charge in [0.1, 0.15) is 11.6 Å². The molecule has 0 atom stereocenters. The fourth-order valence-corrected chi connectivity index (χ4v) is 2.88. The summed E-state index contributed by atoms with van der Waals surface area (Å²) in [5.41, 5.74) is 1.57. The molecule has 0 fully saturated rings. The van der Waals surface area contributed by atoms with Crippen molar-refractivity contribution in [2.24, 2.45) is 0 Å². The van der Waals surface area contributed by atoms with Crippen LogP contribution in [0.3, 0.4) is 0 Å². The van der Waals surface area contributed by atoms with Crippen molar-refractivity contribution in [1.29, 1.82) is 0 Å². The quantitative estimate of drug-likeness (QED) is 0.180. The zero-order valence-electron chi connectivity index (χ0n) is 16.2. The molecule has 1 amide bonds. The van der Waals surface area contributed by atoms with Gasteiger partial charge in [-0.3, -0.25) is 9.69 Å². The molecule has 0 saturated carbocycles. The summed E-state index contributed by atoms with van der Waals surface area (Å²) >= 11 is 7.83. The van der Waals surface area contributed by atoms with Crippen molar-refractivity contribution in [2.75, 3.05) is 24.0 Å². The summed E-state index contributed by atoms with van der Waals surface area (Å²) in [5, 5.41) is -0.00668. The minimum atomic E-state index is -0.314. The second-order valence-electron chi connectivity index (χ2n) is 5.97. The maximum atomic E-state index is 14.0. The molecule has 0 spiro atoms. The monoisotopic (exact) mass is 560 g/mol. The molecule has 3 rings (SSSR count). The van der Waals surface area contributed by atoms with Crippen molar-refractivity contribution in [3.05, 3.63) is 71.4 Å². The summed E-state index contributed by atoms with van der Waals surface area (Å²) in [6.45, 7) is 0.259. The van der Waals surface area contributed by atoms with Gasteiger partial charge < -0.3 is 9.64 Å². The largest absolute Gasteiger partial charge is 0.497 e. The molecule has 0 unspecified atom stereocenters. The van der Waals surface area contributed by atoms with Gasteiger partial charge in [-0.2, -0.15) is 4.98 Å². The van der Waals surface area contributed by atoms with Gasteiger partial charge in [0.05, 0.1) is 24.7 Å². The molecule has 0 radical (unpaired) electrons. The van der Waals surface area contributed by atoms with E-state index in [4.69, 9.17) is 16.3 Å². The van der Waals surface area contributed by atoms with Gasteiger partial charge in [0.25, 0.3) is 0 Å². The van der Waals surface area contributed by atoms with Crippen LogP contribution in [0, 0.1) is 5.82 Å². The number of carbonyl (C=O) groups is 1. The van der Waals surface area contributed by atoms with Crippen molar-refractivity contribution in [3.8, 4) is 5.75 Å². The Morgan fingerprint density at radius 2 is 1.97 bits per heavy atom. The van der Waals surface area contributed by atoms with Gasteiger partial charge in [0.15, 0.2) is 5.82 Å². The third-order valence-corrected chi connectivity index (χ3v) is 4.34. The summed E-state index contributed by atoms with van der Waals surface area (Å²) < 4.78 is 19.3. The predicted octanol–water partition coefficient (Wildman–Crippen LogP) is 5.47. The van der Waals surface area contributed by atoms with Crippen LogP contribution in [0.15, 0.2) is 54.7 Å². The van der Waals surface area contributed by atoms with E-state index >= 15 is 0 Å². The lowest BCUT2D eigenvalue weighted by molar-refractivity contribution is -0.106. The topological polar surface area (TPSA) is 58.6 Å². The molecule has 2 aromatic carbocycles. The Bertz CT molecular complexity index is 999. The molecule has 158 valence electrons. The Morgan fingerprint density at radius 3 is 2.63 bits per heavy atom. The van der Waals surface area contributed by atoms with Crippen LogP contribution in [-0.2, 0) is 11.3 Å². The van der Waals surface area contributed by atoms with Gasteiger partial charge in [-0.25, -0.2) is 9.37 Å². The van der Waals surface area contributed by atoms with Gasteiger partial charge in [-0.05, 0) is 51.0 Å². The second kappa shape index (κ2) is 11.9. The number of carbonyl (C=O) groups excluding carboxylic acids is 1. The van der Waals surface area contributed by atoms with Crippen LogP contribution in [0.2, 0.25) is 5.28 Å². The molecule has 3 aromatic rings. The number of methoxy groups -OCH3 is 1. The van der Waals surface area contributed by atoms with E-state index in [9.17, 15) is 9.18 Å². The van der Waals surface area contributed by atoms with E-state index < -0.39 is 0 Å². The highest BCUT2D eigenvalue weighted by atomic mass is 127. The van der Waals surface area contributed by atoms with Crippen molar-refractivity contribution >= 4 is 66.2 Å². The first-order chi connectivity index (χ1) is 14.5. The minimum Gasteiger partial charge on any atom is -0.497 e. The van der Waals surface area contributed by atoms with Crippen LogP contribution in [-0.4, -0.2) is 30.5 Å². The highest BCUT2D eigenvalue weighted by molar-refractivity contribution is 14.2. The number of nitrogens with zero attached hydrogens (tertiary/aromatic N) is 4. The fraction of sp³-hybridized carbons (Fsp3) is 0.150. The van der Waals surface area contributed by atoms with E-state index in [1.165, 1.54) is 17.2 Å². The summed E-state index contributed by atoms with van der Waals surface area (Å²) in [4.78, 5) is 23.2. The van der Waals surface area contributed by atoms with E-state index in [1.807, 2.05) is 21.2 Å². The van der Waals surface area contributed by atoms with E-state index in [-0.39, 0.29) is 23.5 Å². The van der Waals surface area contributed by atoms with E-state index in [0.29, 0.717) is 29.1 Å². The molecule has 1 heterocycles. The van der Waals surface area contributed by atoms with E-state index in [1.54, 1.807) is 61.5 Å². The van der Waals surface area contributed by atoms with Crippen LogP contribution in [0.25, 0.3) is 0 Å². The van der Waals surface area contributed by atoms with Gasteiger partial charge in [0.2, 0.25) is 11.7 Å². The number of benzene rings is 2. The smallest absolute Gasteiger partial charge is 0.224 e. The van der Waals surface area contributed by atoms with Crippen molar-refractivity contribution < 1.29 is 13.9 Å². The average Bonchev–Trinajstić information content (AvgIpc) is 2.77. The van der Waals surface area contributed by atoms with Crippen molar-refractivity contribution in [1.82, 2.24) is 9.97 Å². The number of halogens is 3. The zero-order chi connectivity index (χ0) is 22.1. The lowest BCUT2D eigenvalue weighted by Gasteiger charge is -2.26. The number of amides is 1. The molecule has 0 saturated heterocycles. The first-order valence-corrected chi connectivity index (χ1v) is 12.2.